The number of methoxy groups -OCH3 is 1. The summed E-state index contributed by atoms with van der Waals surface area (Å²) >= 11 is 0. The molecule has 0 bridgehead atoms. The van der Waals surface area contributed by atoms with Crippen molar-refractivity contribution in [1.82, 2.24) is 20.0 Å². The van der Waals surface area contributed by atoms with Gasteiger partial charge in [-0.1, -0.05) is 12.8 Å². The Morgan fingerprint density at radius 2 is 2.00 bits per heavy atom. The van der Waals surface area contributed by atoms with E-state index in [-0.39, 0.29) is 18.0 Å². The van der Waals surface area contributed by atoms with E-state index in [9.17, 15) is 4.79 Å². The summed E-state index contributed by atoms with van der Waals surface area (Å²) in [5.41, 5.74) is 2.13. The van der Waals surface area contributed by atoms with E-state index >= 15 is 0 Å². The van der Waals surface area contributed by atoms with Gasteiger partial charge in [0.15, 0.2) is 0 Å². The number of hydrogen-bond donors (Lipinski definition) is 1. The van der Waals surface area contributed by atoms with Gasteiger partial charge in [-0.2, -0.15) is 5.10 Å². The van der Waals surface area contributed by atoms with Crippen molar-refractivity contribution in [3.05, 3.63) is 11.3 Å². The van der Waals surface area contributed by atoms with Crippen LogP contribution in [0.1, 0.15) is 62.7 Å². The smallest absolute Gasteiger partial charge is 0.237 e. The molecule has 24 heavy (non-hydrogen) atoms. The van der Waals surface area contributed by atoms with Crippen molar-refractivity contribution in [2.45, 2.75) is 70.5 Å². The van der Waals surface area contributed by atoms with Crippen molar-refractivity contribution in [2.75, 3.05) is 13.7 Å². The zero-order chi connectivity index (χ0) is 17.3. The van der Waals surface area contributed by atoms with Gasteiger partial charge in [-0.3, -0.25) is 9.69 Å². The van der Waals surface area contributed by atoms with Crippen LogP contribution in [0.25, 0.3) is 0 Å². The predicted molar refractivity (Wildman–Crippen MR) is 93.0 cm³/mol. The monoisotopic (exact) mass is 334 g/mol. The lowest BCUT2D eigenvalue weighted by Gasteiger charge is -2.31. The van der Waals surface area contributed by atoms with E-state index in [1.165, 1.54) is 12.8 Å². The molecule has 0 spiro atoms. The Bertz CT molecular complexity index is 592. The van der Waals surface area contributed by atoms with E-state index in [1.54, 1.807) is 11.8 Å². The maximum Gasteiger partial charge on any atom is 0.237 e. The van der Waals surface area contributed by atoms with Gasteiger partial charge >= 0.3 is 0 Å². The van der Waals surface area contributed by atoms with Crippen molar-refractivity contribution in [1.29, 1.82) is 0 Å². The maximum absolute atomic E-state index is 12.7. The molecule has 1 saturated heterocycles. The first-order valence-electron chi connectivity index (χ1n) is 9.16. The molecule has 2 heterocycles. The largest absolute Gasteiger partial charge is 0.481 e. The lowest BCUT2D eigenvalue weighted by atomic mass is 10.0. The Labute approximate surface area is 144 Å². The fourth-order valence-electron chi connectivity index (χ4n) is 4.38. The summed E-state index contributed by atoms with van der Waals surface area (Å²) in [4.78, 5) is 15.0. The molecule has 2 aliphatic rings. The molecule has 3 rings (SSSR count). The molecule has 1 aliphatic heterocycles. The van der Waals surface area contributed by atoms with Crippen LogP contribution in [0.3, 0.4) is 0 Å². The molecule has 2 atom stereocenters. The number of aromatic nitrogens is 2. The second kappa shape index (κ2) is 7.13. The molecule has 6 heteroatoms. The summed E-state index contributed by atoms with van der Waals surface area (Å²) < 4.78 is 7.37. The van der Waals surface area contributed by atoms with Gasteiger partial charge < -0.3 is 10.1 Å². The van der Waals surface area contributed by atoms with E-state index in [4.69, 9.17) is 4.74 Å². The minimum atomic E-state index is -0.123. The first-order chi connectivity index (χ1) is 11.5. The van der Waals surface area contributed by atoms with Gasteiger partial charge in [-0.25, -0.2) is 4.68 Å². The minimum Gasteiger partial charge on any atom is -0.481 e. The van der Waals surface area contributed by atoms with E-state index in [2.05, 4.69) is 15.3 Å². The van der Waals surface area contributed by atoms with E-state index in [0.29, 0.717) is 6.04 Å². The molecule has 0 radical (unpaired) electrons. The van der Waals surface area contributed by atoms with E-state index in [1.807, 2.05) is 20.9 Å². The lowest BCUT2D eigenvalue weighted by Crippen LogP contribution is -2.47. The fraction of sp³-hybridized carbons (Fsp3) is 0.778. The van der Waals surface area contributed by atoms with Gasteiger partial charge in [0.1, 0.15) is 0 Å². The highest BCUT2D eigenvalue weighted by atomic mass is 16.5. The Morgan fingerprint density at radius 3 is 2.67 bits per heavy atom. The molecule has 1 aliphatic carbocycles. The Kier molecular flexibility index (Phi) is 5.13. The van der Waals surface area contributed by atoms with Gasteiger partial charge in [-0.15, -0.1) is 0 Å². The van der Waals surface area contributed by atoms with Crippen LogP contribution in [0.4, 0.5) is 0 Å². The second-order valence-electron chi connectivity index (χ2n) is 7.19. The average molecular weight is 334 g/mol. The molecule has 1 aromatic heterocycles. The van der Waals surface area contributed by atoms with Crippen LogP contribution < -0.4 is 10.1 Å². The lowest BCUT2D eigenvalue weighted by molar-refractivity contribution is -0.127. The number of hydrogen-bond acceptors (Lipinski definition) is 4. The molecule has 1 N–H and O–H groups in total. The number of carbonyl (C=O) groups is 1. The molecule has 134 valence electrons. The molecule has 2 fully saturated rings. The van der Waals surface area contributed by atoms with Gasteiger partial charge in [0.2, 0.25) is 11.8 Å². The van der Waals surface area contributed by atoms with E-state index < -0.39 is 0 Å². The van der Waals surface area contributed by atoms with Crippen LogP contribution in [-0.4, -0.2) is 46.3 Å². The van der Waals surface area contributed by atoms with Crippen LogP contribution in [-0.2, 0) is 11.8 Å². The number of nitrogens with zero attached hydrogens (tertiary/aromatic N) is 3. The summed E-state index contributed by atoms with van der Waals surface area (Å²) in [6, 6.07) is 0.455. The highest BCUT2D eigenvalue weighted by Crippen LogP contribution is 2.39. The summed E-state index contributed by atoms with van der Waals surface area (Å²) in [6.45, 7) is 5.00. The third-order valence-electron chi connectivity index (χ3n) is 5.61. The van der Waals surface area contributed by atoms with Gasteiger partial charge in [0.05, 0.1) is 24.4 Å². The first-order valence-corrected chi connectivity index (χ1v) is 9.16. The number of carbonyl (C=O) groups excluding carboxylic acids is 1. The molecule has 1 amide bonds. The minimum absolute atomic E-state index is 0.123. The van der Waals surface area contributed by atoms with E-state index in [0.717, 1.165) is 49.4 Å². The summed E-state index contributed by atoms with van der Waals surface area (Å²) in [7, 11) is 3.60. The Balaban J connectivity index is 1.76. The van der Waals surface area contributed by atoms with Crippen molar-refractivity contribution in [2.24, 2.45) is 7.05 Å². The van der Waals surface area contributed by atoms with Crippen molar-refractivity contribution in [3.8, 4) is 5.88 Å². The molecule has 1 aromatic rings. The Hall–Kier alpha value is -1.56. The van der Waals surface area contributed by atoms with Crippen LogP contribution >= 0.6 is 0 Å². The number of aryl methyl sites for hydroxylation is 2. The number of rotatable bonds is 5. The van der Waals surface area contributed by atoms with Gasteiger partial charge in [0, 0.05) is 19.1 Å². The number of likely N-dealkylation sites (tertiary alicyclic amines) is 1. The summed E-state index contributed by atoms with van der Waals surface area (Å²) in [5, 5.41) is 7.76. The SMILES string of the molecule is COc1c([C@@H]2CCCN2[C@H](C)C(=O)NC2CCCC2)c(C)nn1C. The van der Waals surface area contributed by atoms with Crippen LogP contribution in [0.15, 0.2) is 0 Å². The maximum atomic E-state index is 12.7. The highest BCUT2D eigenvalue weighted by Gasteiger charge is 2.37. The number of amides is 1. The standard InChI is InChI=1S/C18H30N4O2/c1-12-16(18(24-4)21(3)20-12)15-10-7-11-22(15)13(2)17(23)19-14-8-5-6-9-14/h13-15H,5-11H2,1-4H3,(H,19,23)/t13-,15+/m1/s1. The Morgan fingerprint density at radius 1 is 1.29 bits per heavy atom. The third kappa shape index (κ3) is 3.16. The summed E-state index contributed by atoms with van der Waals surface area (Å²) in [6.07, 6.45) is 6.86. The fourth-order valence-corrected chi connectivity index (χ4v) is 4.38. The zero-order valence-electron chi connectivity index (χ0n) is 15.3. The van der Waals surface area contributed by atoms with Crippen LogP contribution in [0.2, 0.25) is 0 Å². The topological polar surface area (TPSA) is 59.4 Å². The first kappa shape index (κ1) is 17.3. The van der Waals surface area contributed by atoms with Crippen LogP contribution in [0, 0.1) is 6.92 Å². The third-order valence-corrected chi connectivity index (χ3v) is 5.61. The van der Waals surface area contributed by atoms with Gasteiger partial charge in [-0.05, 0) is 46.1 Å². The predicted octanol–water partition coefficient (Wildman–Crippen LogP) is 2.32. The molecule has 0 unspecified atom stereocenters. The molecular weight excluding hydrogens is 304 g/mol. The number of nitrogens with one attached hydrogen (secondary N) is 1. The molecule has 6 nitrogen and oxygen atoms in total. The molecule has 0 aromatic carbocycles. The normalized spacial score (nSPS) is 23.6. The zero-order valence-corrected chi connectivity index (χ0v) is 15.3. The van der Waals surface area contributed by atoms with Crippen LogP contribution in [0.5, 0.6) is 5.88 Å². The van der Waals surface area contributed by atoms with Crippen molar-refractivity contribution < 1.29 is 9.53 Å². The summed E-state index contributed by atoms with van der Waals surface area (Å²) in [5.74, 6) is 0.974. The quantitative estimate of drug-likeness (QED) is 0.898. The second-order valence-corrected chi connectivity index (χ2v) is 7.19. The molecule has 1 saturated carbocycles. The number of ether oxygens (including phenoxy) is 1. The van der Waals surface area contributed by atoms with Crippen molar-refractivity contribution in [3.63, 3.8) is 0 Å². The van der Waals surface area contributed by atoms with Gasteiger partial charge in [0.25, 0.3) is 0 Å². The highest BCUT2D eigenvalue weighted by molar-refractivity contribution is 5.81. The molecular formula is C18H30N4O2. The average Bonchev–Trinajstić information content (AvgIpc) is 3.26. The van der Waals surface area contributed by atoms with Crippen molar-refractivity contribution >= 4 is 5.91 Å².